The molecule has 29 heavy (non-hydrogen) atoms. The summed E-state index contributed by atoms with van der Waals surface area (Å²) in [7, 11) is 0. The van der Waals surface area contributed by atoms with Crippen LogP contribution >= 0.6 is 12.2 Å². The molecule has 0 heterocycles. The van der Waals surface area contributed by atoms with E-state index in [9.17, 15) is 4.79 Å². The first kappa shape index (κ1) is 22.7. The van der Waals surface area contributed by atoms with Gasteiger partial charge in [0.2, 0.25) is 0 Å². The third-order valence-corrected chi connectivity index (χ3v) is 4.28. The van der Waals surface area contributed by atoms with E-state index in [1.165, 1.54) is 19.3 Å². The molecule has 0 aliphatic carbocycles. The lowest BCUT2D eigenvalue weighted by atomic mass is 10.2. The Labute approximate surface area is 178 Å². The molecule has 2 aromatic carbocycles. The van der Waals surface area contributed by atoms with Crippen LogP contribution in [0.1, 0.15) is 56.8 Å². The zero-order valence-corrected chi connectivity index (χ0v) is 18.2. The van der Waals surface area contributed by atoms with Gasteiger partial charge in [0, 0.05) is 17.3 Å². The van der Waals surface area contributed by atoms with E-state index in [4.69, 9.17) is 21.7 Å². The number of anilines is 1. The fraction of sp³-hybridized carbons (Fsp3) is 0.391. The molecular formula is C23H30N2O3S. The summed E-state index contributed by atoms with van der Waals surface area (Å²) in [4.78, 5) is 12.4. The van der Waals surface area contributed by atoms with Gasteiger partial charge in [0.25, 0.3) is 5.91 Å². The summed E-state index contributed by atoms with van der Waals surface area (Å²) < 4.78 is 11.4. The van der Waals surface area contributed by atoms with Gasteiger partial charge in [0.15, 0.2) is 5.11 Å². The van der Waals surface area contributed by atoms with Crippen molar-refractivity contribution < 1.29 is 14.3 Å². The summed E-state index contributed by atoms with van der Waals surface area (Å²) in [6, 6.07) is 14.5. The van der Waals surface area contributed by atoms with Crippen LogP contribution in [0.3, 0.4) is 0 Å². The third-order valence-electron chi connectivity index (χ3n) is 4.07. The number of nitrogens with one attached hydrogen (secondary N) is 2. The number of hydrogen-bond acceptors (Lipinski definition) is 4. The molecular weight excluding hydrogens is 384 g/mol. The van der Waals surface area contributed by atoms with Crippen LogP contribution in [0.25, 0.3) is 0 Å². The van der Waals surface area contributed by atoms with Crippen molar-refractivity contribution >= 4 is 28.9 Å². The molecule has 2 N–H and O–H groups in total. The van der Waals surface area contributed by atoms with E-state index in [-0.39, 0.29) is 17.1 Å². The van der Waals surface area contributed by atoms with Gasteiger partial charge in [-0.3, -0.25) is 10.1 Å². The Hall–Kier alpha value is -2.60. The molecule has 0 aliphatic heterocycles. The topological polar surface area (TPSA) is 59.6 Å². The lowest BCUT2D eigenvalue weighted by Crippen LogP contribution is -2.34. The fourth-order valence-electron chi connectivity index (χ4n) is 2.68. The molecule has 0 atom stereocenters. The Morgan fingerprint density at radius 2 is 1.79 bits per heavy atom. The summed E-state index contributed by atoms with van der Waals surface area (Å²) in [5, 5.41) is 5.93. The van der Waals surface area contributed by atoms with Crippen molar-refractivity contribution in [3.63, 3.8) is 0 Å². The Balaban J connectivity index is 1.82. The molecule has 0 aliphatic rings. The van der Waals surface area contributed by atoms with Crippen molar-refractivity contribution in [2.75, 3.05) is 11.9 Å². The minimum atomic E-state index is -0.272. The number of carbonyl (C=O) groups excluding carboxylic acids is 1. The SMILES string of the molecule is CCCCCCOc1ccc(C(=O)NC(=S)Nc2cccc(OC(C)C)c2)cc1. The van der Waals surface area contributed by atoms with Crippen molar-refractivity contribution in [1.82, 2.24) is 5.32 Å². The van der Waals surface area contributed by atoms with E-state index in [1.54, 1.807) is 24.3 Å². The van der Waals surface area contributed by atoms with Gasteiger partial charge in [-0.2, -0.15) is 0 Å². The van der Waals surface area contributed by atoms with E-state index >= 15 is 0 Å². The maximum atomic E-state index is 12.4. The summed E-state index contributed by atoms with van der Waals surface area (Å²) >= 11 is 5.25. The van der Waals surface area contributed by atoms with Crippen LogP contribution in [0.2, 0.25) is 0 Å². The monoisotopic (exact) mass is 414 g/mol. The van der Waals surface area contributed by atoms with E-state index in [0.29, 0.717) is 12.2 Å². The Morgan fingerprint density at radius 1 is 1.03 bits per heavy atom. The second kappa shape index (κ2) is 12.1. The van der Waals surface area contributed by atoms with Crippen LogP contribution in [-0.2, 0) is 0 Å². The molecule has 2 rings (SSSR count). The molecule has 0 radical (unpaired) electrons. The molecule has 0 saturated heterocycles. The van der Waals surface area contributed by atoms with Crippen LogP contribution < -0.4 is 20.1 Å². The smallest absolute Gasteiger partial charge is 0.257 e. The third kappa shape index (κ3) is 8.52. The summed E-state index contributed by atoms with van der Waals surface area (Å²) in [6.07, 6.45) is 4.73. The standard InChI is InChI=1S/C23H30N2O3S/c1-4-5-6-7-15-27-20-13-11-18(12-14-20)22(26)25-23(29)24-19-9-8-10-21(16-19)28-17(2)3/h8-14,16-17H,4-7,15H2,1-3H3,(H2,24,25,26,29). The first-order valence-corrected chi connectivity index (χ1v) is 10.5. The predicted molar refractivity (Wildman–Crippen MR) is 122 cm³/mol. The molecule has 0 fully saturated rings. The van der Waals surface area contributed by atoms with Gasteiger partial charge in [-0.15, -0.1) is 0 Å². The molecule has 5 nitrogen and oxygen atoms in total. The fourth-order valence-corrected chi connectivity index (χ4v) is 2.89. The minimum Gasteiger partial charge on any atom is -0.494 e. The van der Waals surface area contributed by atoms with Crippen LogP contribution in [-0.4, -0.2) is 23.7 Å². The van der Waals surface area contributed by atoms with Gasteiger partial charge in [0.1, 0.15) is 11.5 Å². The van der Waals surface area contributed by atoms with Crippen LogP contribution in [0.4, 0.5) is 5.69 Å². The first-order valence-electron chi connectivity index (χ1n) is 10.1. The van der Waals surface area contributed by atoms with Crippen molar-refractivity contribution in [3.8, 4) is 11.5 Å². The highest BCUT2D eigenvalue weighted by atomic mass is 32.1. The molecule has 6 heteroatoms. The second-order valence-electron chi connectivity index (χ2n) is 7.04. The number of unbranched alkanes of at least 4 members (excludes halogenated alkanes) is 3. The van der Waals surface area contributed by atoms with Crippen LogP contribution in [0, 0.1) is 0 Å². The molecule has 1 amide bonds. The average Bonchev–Trinajstić information content (AvgIpc) is 2.68. The lowest BCUT2D eigenvalue weighted by molar-refractivity contribution is 0.0977. The van der Waals surface area contributed by atoms with Gasteiger partial charge in [-0.05, 0) is 68.9 Å². The van der Waals surface area contributed by atoms with Crippen molar-refractivity contribution in [2.45, 2.75) is 52.6 Å². The zero-order valence-electron chi connectivity index (χ0n) is 17.4. The lowest BCUT2D eigenvalue weighted by Gasteiger charge is -2.13. The summed E-state index contributed by atoms with van der Waals surface area (Å²) in [5.41, 5.74) is 1.27. The van der Waals surface area contributed by atoms with E-state index < -0.39 is 0 Å². The van der Waals surface area contributed by atoms with Crippen LogP contribution in [0.5, 0.6) is 11.5 Å². The number of rotatable bonds is 10. The molecule has 2 aromatic rings. The highest BCUT2D eigenvalue weighted by molar-refractivity contribution is 7.80. The summed E-state index contributed by atoms with van der Waals surface area (Å²) in [5.74, 6) is 1.23. The quantitative estimate of drug-likeness (QED) is 0.394. The van der Waals surface area contributed by atoms with Gasteiger partial charge < -0.3 is 14.8 Å². The highest BCUT2D eigenvalue weighted by Crippen LogP contribution is 2.18. The van der Waals surface area contributed by atoms with Gasteiger partial charge in [0.05, 0.1) is 12.7 Å². The van der Waals surface area contributed by atoms with Crippen LogP contribution in [0.15, 0.2) is 48.5 Å². The van der Waals surface area contributed by atoms with E-state index in [2.05, 4.69) is 17.6 Å². The van der Waals surface area contributed by atoms with Gasteiger partial charge in [-0.25, -0.2) is 0 Å². The molecule has 0 bridgehead atoms. The van der Waals surface area contributed by atoms with Crippen molar-refractivity contribution in [2.24, 2.45) is 0 Å². The van der Waals surface area contributed by atoms with Crippen molar-refractivity contribution in [1.29, 1.82) is 0 Å². The number of carbonyl (C=O) groups is 1. The number of hydrogen-bond donors (Lipinski definition) is 2. The number of amides is 1. The predicted octanol–water partition coefficient (Wildman–Crippen LogP) is 5.56. The molecule has 0 unspecified atom stereocenters. The highest BCUT2D eigenvalue weighted by Gasteiger charge is 2.09. The number of thiocarbonyl (C=S) groups is 1. The Kier molecular flexibility index (Phi) is 9.44. The first-order chi connectivity index (χ1) is 14.0. The van der Waals surface area contributed by atoms with Gasteiger partial charge >= 0.3 is 0 Å². The maximum Gasteiger partial charge on any atom is 0.257 e. The molecule has 156 valence electrons. The molecule has 0 spiro atoms. The minimum absolute atomic E-state index is 0.0835. The largest absolute Gasteiger partial charge is 0.494 e. The van der Waals surface area contributed by atoms with Crippen molar-refractivity contribution in [3.05, 3.63) is 54.1 Å². The Bertz CT molecular complexity index is 791. The number of ether oxygens (including phenoxy) is 2. The normalized spacial score (nSPS) is 10.5. The number of benzene rings is 2. The van der Waals surface area contributed by atoms with E-state index in [0.717, 1.165) is 23.6 Å². The zero-order chi connectivity index (χ0) is 21.1. The Morgan fingerprint density at radius 3 is 2.48 bits per heavy atom. The van der Waals surface area contributed by atoms with Gasteiger partial charge in [-0.1, -0.05) is 32.3 Å². The maximum absolute atomic E-state index is 12.4. The average molecular weight is 415 g/mol. The molecule has 0 saturated carbocycles. The molecule has 0 aromatic heterocycles. The summed E-state index contributed by atoms with van der Waals surface area (Å²) in [6.45, 7) is 6.81. The van der Waals surface area contributed by atoms with E-state index in [1.807, 2.05) is 38.1 Å². The second-order valence-corrected chi connectivity index (χ2v) is 7.44.